The van der Waals surface area contributed by atoms with E-state index in [1.165, 1.54) is 0 Å². The molecule has 22 heavy (non-hydrogen) atoms. The maximum atomic E-state index is 12.4. The molecule has 112 valence electrons. The van der Waals surface area contributed by atoms with E-state index in [0.29, 0.717) is 4.90 Å². The number of rotatable bonds is 2. The molecule has 1 saturated heterocycles. The fraction of sp³-hybridized carbons (Fsp3) is 0.353. The SMILES string of the molecule is O=C(OCc1ccccc1)N1C(=O)C2C3C=CC(C3)C2C1=O. The van der Waals surface area contributed by atoms with Gasteiger partial charge in [0.05, 0.1) is 11.8 Å². The minimum Gasteiger partial charge on any atom is -0.444 e. The van der Waals surface area contributed by atoms with E-state index in [4.69, 9.17) is 4.74 Å². The average molecular weight is 297 g/mol. The molecule has 0 radical (unpaired) electrons. The van der Waals surface area contributed by atoms with E-state index in [1.54, 1.807) is 0 Å². The maximum absolute atomic E-state index is 12.4. The number of amides is 3. The van der Waals surface area contributed by atoms with Crippen LogP contribution in [0.2, 0.25) is 0 Å². The molecule has 2 fully saturated rings. The number of hydrogen-bond donors (Lipinski definition) is 0. The summed E-state index contributed by atoms with van der Waals surface area (Å²) < 4.78 is 5.13. The lowest BCUT2D eigenvalue weighted by molar-refractivity contribution is -0.138. The lowest BCUT2D eigenvalue weighted by Crippen LogP contribution is -2.38. The van der Waals surface area contributed by atoms with Crippen molar-refractivity contribution in [2.75, 3.05) is 0 Å². The highest BCUT2D eigenvalue weighted by Gasteiger charge is 2.61. The number of imide groups is 3. The Bertz CT molecular complexity index is 651. The Morgan fingerprint density at radius 1 is 1.05 bits per heavy atom. The van der Waals surface area contributed by atoms with Crippen LogP contribution < -0.4 is 0 Å². The Morgan fingerprint density at radius 2 is 1.64 bits per heavy atom. The van der Waals surface area contributed by atoms with Crippen LogP contribution in [-0.4, -0.2) is 22.8 Å². The van der Waals surface area contributed by atoms with Gasteiger partial charge < -0.3 is 4.74 Å². The highest BCUT2D eigenvalue weighted by Crippen LogP contribution is 2.52. The van der Waals surface area contributed by atoms with Gasteiger partial charge in [-0.2, -0.15) is 4.90 Å². The summed E-state index contributed by atoms with van der Waals surface area (Å²) in [6.45, 7) is 0.0528. The number of carbonyl (C=O) groups excluding carboxylic acids is 3. The summed E-state index contributed by atoms with van der Waals surface area (Å²) in [6, 6.07) is 9.18. The van der Waals surface area contributed by atoms with Crippen molar-refractivity contribution in [3.8, 4) is 0 Å². The van der Waals surface area contributed by atoms with Crippen LogP contribution in [0.15, 0.2) is 42.5 Å². The van der Waals surface area contributed by atoms with Crippen molar-refractivity contribution in [3.05, 3.63) is 48.0 Å². The van der Waals surface area contributed by atoms with Gasteiger partial charge in [-0.25, -0.2) is 4.79 Å². The highest BCUT2D eigenvalue weighted by molar-refractivity contribution is 6.16. The van der Waals surface area contributed by atoms with Gasteiger partial charge in [-0.15, -0.1) is 0 Å². The smallest absolute Gasteiger partial charge is 0.423 e. The van der Waals surface area contributed by atoms with Gasteiger partial charge >= 0.3 is 6.09 Å². The third-order valence-corrected chi connectivity index (χ3v) is 4.86. The summed E-state index contributed by atoms with van der Waals surface area (Å²) in [5, 5.41) is 0. The molecule has 2 bridgehead atoms. The topological polar surface area (TPSA) is 63.7 Å². The van der Waals surface area contributed by atoms with Crippen LogP contribution in [-0.2, 0) is 20.9 Å². The second kappa shape index (κ2) is 4.80. The van der Waals surface area contributed by atoms with Gasteiger partial charge in [-0.1, -0.05) is 42.5 Å². The molecule has 3 aliphatic rings. The molecule has 1 saturated carbocycles. The summed E-state index contributed by atoms with van der Waals surface area (Å²) in [5.41, 5.74) is 0.817. The van der Waals surface area contributed by atoms with Crippen LogP contribution in [0.3, 0.4) is 0 Å². The summed E-state index contributed by atoms with van der Waals surface area (Å²) >= 11 is 0. The Morgan fingerprint density at radius 3 is 2.23 bits per heavy atom. The molecule has 3 amide bonds. The fourth-order valence-electron chi connectivity index (χ4n) is 3.87. The summed E-state index contributed by atoms with van der Waals surface area (Å²) in [7, 11) is 0. The Kier molecular flexibility index (Phi) is 2.89. The van der Waals surface area contributed by atoms with E-state index in [1.807, 2.05) is 42.5 Å². The molecule has 1 aliphatic heterocycles. The van der Waals surface area contributed by atoms with Crippen molar-refractivity contribution < 1.29 is 19.1 Å². The molecule has 1 aromatic carbocycles. The predicted molar refractivity (Wildman–Crippen MR) is 76.2 cm³/mol. The maximum Gasteiger partial charge on any atom is 0.423 e. The average Bonchev–Trinajstić information content (AvgIpc) is 3.20. The van der Waals surface area contributed by atoms with Gasteiger partial charge in [0.2, 0.25) is 11.8 Å². The van der Waals surface area contributed by atoms with Crippen molar-refractivity contribution in [2.24, 2.45) is 23.7 Å². The molecule has 0 spiro atoms. The molecule has 4 unspecified atom stereocenters. The van der Waals surface area contributed by atoms with Crippen LogP contribution >= 0.6 is 0 Å². The van der Waals surface area contributed by atoms with Gasteiger partial charge in [0, 0.05) is 0 Å². The van der Waals surface area contributed by atoms with Crippen molar-refractivity contribution in [3.63, 3.8) is 0 Å². The number of benzene rings is 1. The molecular weight excluding hydrogens is 282 g/mol. The predicted octanol–water partition coefficient (Wildman–Crippen LogP) is 2.13. The number of carbonyl (C=O) groups is 3. The first-order chi connectivity index (χ1) is 10.7. The molecule has 1 heterocycles. The van der Waals surface area contributed by atoms with Crippen molar-refractivity contribution in [1.29, 1.82) is 0 Å². The number of nitrogens with zero attached hydrogens (tertiary/aromatic N) is 1. The molecule has 0 N–H and O–H groups in total. The fourth-order valence-corrected chi connectivity index (χ4v) is 3.87. The number of likely N-dealkylation sites (tertiary alicyclic amines) is 1. The number of allylic oxidation sites excluding steroid dienone is 2. The molecule has 0 aromatic heterocycles. The zero-order valence-electron chi connectivity index (χ0n) is 11.8. The van der Waals surface area contributed by atoms with E-state index in [0.717, 1.165) is 12.0 Å². The van der Waals surface area contributed by atoms with Crippen LogP contribution in [0.5, 0.6) is 0 Å². The van der Waals surface area contributed by atoms with Crippen molar-refractivity contribution in [1.82, 2.24) is 4.90 Å². The lowest BCUT2D eigenvalue weighted by atomic mass is 9.85. The summed E-state index contributed by atoms with van der Waals surface area (Å²) in [5.74, 6) is -1.34. The number of ether oxygens (including phenoxy) is 1. The van der Waals surface area contributed by atoms with Crippen LogP contribution in [0, 0.1) is 23.7 Å². The Hall–Kier alpha value is -2.43. The lowest BCUT2D eigenvalue weighted by Gasteiger charge is -2.15. The van der Waals surface area contributed by atoms with Crippen LogP contribution in [0.25, 0.3) is 0 Å². The molecule has 5 nitrogen and oxygen atoms in total. The zero-order chi connectivity index (χ0) is 15.3. The second-order valence-corrected chi connectivity index (χ2v) is 6.05. The summed E-state index contributed by atoms with van der Waals surface area (Å²) in [4.78, 5) is 37.7. The van der Waals surface area contributed by atoms with Gasteiger partial charge in [0.15, 0.2) is 0 Å². The van der Waals surface area contributed by atoms with E-state index in [-0.39, 0.29) is 30.3 Å². The molecule has 4 atom stereocenters. The zero-order valence-corrected chi connectivity index (χ0v) is 11.8. The van der Waals surface area contributed by atoms with Gasteiger partial charge in [0.25, 0.3) is 0 Å². The third-order valence-electron chi connectivity index (χ3n) is 4.86. The van der Waals surface area contributed by atoms with Crippen LogP contribution in [0.1, 0.15) is 12.0 Å². The molecule has 1 aromatic rings. The highest BCUT2D eigenvalue weighted by atomic mass is 16.6. The van der Waals surface area contributed by atoms with Crippen LogP contribution in [0.4, 0.5) is 4.79 Å². The molecule has 2 aliphatic carbocycles. The molecule has 5 heteroatoms. The number of hydrogen-bond acceptors (Lipinski definition) is 4. The summed E-state index contributed by atoms with van der Waals surface area (Å²) in [6.07, 6.45) is 3.98. The van der Waals surface area contributed by atoms with Crippen molar-refractivity contribution in [2.45, 2.75) is 13.0 Å². The third kappa shape index (κ3) is 1.81. The minimum absolute atomic E-state index is 0.0528. The van der Waals surface area contributed by atoms with Gasteiger partial charge in [0.1, 0.15) is 6.61 Å². The van der Waals surface area contributed by atoms with Gasteiger partial charge in [-0.05, 0) is 23.8 Å². The molecule has 4 rings (SSSR count). The quantitative estimate of drug-likeness (QED) is 0.619. The normalized spacial score (nSPS) is 31.7. The van der Waals surface area contributed by atoms with E-state index in [2.05, 4.69) is 0 Å². The standard InChI is InChI=1S/C17H15NO4/c19-15-13-11-6-7-12(8-11)14(13)16(20)18(15)17(21)22-9-10-4-2-1-3-5-10/h1-7,11-14H,8-9H2. The Labute approximate surface area is 127 Å². The van der Waals surface area contributed by atoms with Crippen molar-refractivity contribution >= 4 is 17.9 Å². The first-order valence-corrected chi connectivity index (χ1v) is 7.43. The van der Waals surface area contributed by atoms with E-state index >= 15 is 0 Å². The number of fused-ring (bicyclic) bond motifs is 5. The minimum atomic E-state index is -0.854. The first-order valence-electron chi connectivity index (χ1n) is 7.43. The molecular formula is C17H15NO4. The van der Waals surface area contributed by atoms with E-state index in [9.17, 15) is 14.4 Å². The largest absolute Gasteiger partial charge is 0.444 e. The van der Waals surface area contributed by atoms with E-state index < -0.39 is 17.9 Å². The second-order valence-electron chi connectivity index (χ2n) is 6.05. The monoisotopic (exact) mass is 297 g/mol. The van der Waals surface area contributed by atoms with Gasteiger partial charge in [-0.3, -0.25) is 9.59 Å². The first kappa shape index (κ1) is 13.2. The Balaban J connectivity index is 1.48.